The van der Waals surface area contributed by atoms with Crippen LogP contribution in [0.2, 0.25) is 0 Å². The summed E-state index contributed by atoms with van der Waals surface area (Å²) in [6, 6.07) is 18.4. The lowest BCUT2D eigenvalue weighted by atomic mass is 10.2. The number of hydrogen-bond acceptors (Lipinski definition) is 3. The predicted molar refractivity (Wildman–Crippen MR) is 98.3 cm³/mol. The highest BCUT2D eigenvalue weighted by Gasteiger charge is 2.18. The van der Waals surface area contributed by atoms with Crippen molar-refractivity contribution in [3.8, 4) is 0 Å². The molecule has 0 aliphatic carbocycles. The van der Waals surface area contributed by atoms with Crippen LogP contribution in [0, 0.1) is 0 Å². The number of rotatable bonds is 7. The Morgan fingerprint density at radius 3 is 2.17 bits per heavy atom. The summed E-state index contributed by atoms with van der Waals surface area (Å²) in [6.45, 7) is 5.72. The molecule has 0 N–H and O–H groups in total. The Bertz CT molecular complexity index is 777. The highest BCUT2D eigenvalue weighted by atomic mass is 32.2. The van der Waals surface area contributed by atoms with Gasteiger partial charge in [0.1, 0.15) is 0 Å². The normalized spacial score (nSPS) is 12.6. The minimum absolute atomic E-state index is 0.0102. The van der Waals surface area contributed by atoms with Crippen LogP contribution in [-0.2, 0) is 9.84 Å². The van der Waals surface area contributed by atoms with Crippen LogP contribution < -0.4 is 0 Å². The number of allylic oxidation sites excluding steroid dienone is 2. The second-order valence-electron chi connectivity index (χ2n) is 5.18. The summed E-state index contributed by atoms with van der Waals surface area (Å²) in [4.78, 5) is 2.26. The van der Waals surface area contributed by atoms with E-state index in [-0.39, 0.29) is 5.75 Å². The Kier molecular flexibility index (Phi) is 6.25. The van der Waals surface area contributed by atoms with Crippen LogP contribution in [0.5, 0.6) is 0 Å². The van der Waals surface area contributed by atoms with Gasteiger partial charge in [-0.1, -0.05) is 59.8 Å². The SMILES string of the molecule is C=CC/C(C)=C(/CS(=O)(=O)c1ccccc1)Sc1ccccc1. The second-order valence-corrected chi connectivity index (χ2v) is 8.34. The van der Waals surface area contributed by atoms with Gasteiger partial charge in [0.15, 0.2) is 9.84 Å². The van der Waals surface area contributed by atoms with Gasteiger partial charge in [0.2, 0.25) is 0 Å². The van der Waals surface area contributed by atoms with Gasteiger partial charge in [-0.2, -0.15) is 0 Å². The fourth-order valence-corrected chi connectivity index (χ4v) is 4.95. The quantitative estimate of drug-likeness (QED) is 0.517. The van der Waals surface area contributed by atoms with Gasteiger partial charge in [-0.3, -0.25) is 0 Å². The summed E-state index contributed by atoms with van der Waals surface area (Å²) >= 11 is 1.51. The maximum atomic E-state index is 12.7. The first-order valence-electron chi connectivity index (χ1n) is 7.33. The summed E-state index contributed by atoms with van der Waals surface area (Å²) < 4.78 is 25.3. The molecule has 23 heavy (non-hydrogen) atoms. The van der Waals surface area contributed by atoms with Crippen LogP contribution >= 0.6 is 11.8 Å². The fourth-order valence-electron chi connectivity index (χ4n) is 2.08. The summed E-state index contributed by atoms with van der Waals surface area (Å²) in [6.07, 6.45) is 2.48. The van der Waals surface area contributed by atoms with Crippen molar-refractivity contribution in [3.05, 3.63) is 83.8 Å². The first-order chi connectivity index (χ1) is 11.0. The van der Waals surface area contributed by atoms with Crippen molar-refractivity contribution in [2.45, 2.75) is 23.1 Å². The molecule has 0 unspecified atom stereocenters. The summed E-state index contributed by atoms with van der Waals surface area (Å²) in [5.41, 5.74) is 1.04. The van der Waals surface area contributed by atoms with Gasteiger partial charge >= 0.3 is 0 Å². The monoisotopic (exact) mass is 344 g/mol. The number of thioether (sulfide) groups is 1. The smallest absolute Gasteiger partial charge is 0.183 e. The third-order valence-corrected chi connectivity index (χ3v) is 6.42. The van der Waals surface area contributed by atoms with Gasteiger partial charge in [-0.05, 0) is 37.6 Å². The van der Waals surface area contributed by atoms with Crippen LogP contribution in [0.25, 0.3) is 0 Å². The van der Waals surface area contributed by atoms with E-state index in [2.05, 4.69) is 6.58 Å². The first kappa shape index (κ1) is 17.6. The molecule has 120 valence electrons. The van der Waals surface area contributed by atoms with Crippen molar-refractivity contribution in [1.82, 2.24) is 0 Å². The average molecular weight is 345 g/mol. The number of hydrogen-bond donors (Lipinski definition) is 0. The maximum Gasteiger partial charge on any atom is 0.183 e. The van der Waals surface area contributed by atoms with Crippen LogP contribution in [0.15, 0.2) is 93.6 Å². The molecule has 0 heterocycles. The van der Waals surface area contributed by atoms with Crippen molar-refractivity contribution in [3.63, 3.8) is 0 Å². The van der Waals surface area contributed by atoms with E-state index in [1.807, 2.05) is 43.3 Å². The van der Waals surface area contributed by atoms with E-state index in [1.54, 1.807) is 30.3 Å². The van der Waals surface area contributed by atoms with Crippen LogP contribution in [0.3, 0.4) is 0 Å². The molecule has 0 atom stereocenters. The molecule has 0 bridgehead atoms. The molecule has 2 aromatic carbocycles. The van der Waals surface area contributed by atoms with Crippen molar-refractivity contribution < 1.29 is 8.42 Å². The summed E-state index contributed by atoms with van der Waals surface area (Å²) in [5, 5.41) is 0. The van der Waals surface area contributed by atoms with Gasteiger partial charge in [0, 0.05) is 9.80 Å². The number of benzene rings is 2. The van der Waals surface area contributed by atoms with Crippen LogP contribution in [0.1, 0.15) is 13.3 Å². The van der Waals surface area contributed by atoms with E-state index < -0.39 is 9.84 Å². The first-order valence-corrected chi connectivity index (χ1v) is 9.80. The molecule has 0 aliphatic heterocycles. The predicted octanol–water partition coefficient (Wildman–Crippen LogP) is 5.10. The topological polar surface area (TPSA) is 34.1 Å². The Hall–Kier alpha value is -1.78. The molecule has 0 amide bonds. The standard InChI is InChI=1S/C19H20O2S2/c1-3-10-16(2)19(22-17-11-6-4-7-12-17)15-23(20,21)18-13-8-5-9-14-18/h3-9,11-14H,1,10,15H2,2H3/b19-16-. The highest BCUT2D eigenvalue weighted by Crippen LogP contribution is 2.32. The molecule has 0 radical (unpaired) electrons. The van der Waals surface area contributed by atoms with Gasteiger partial charge in [0.25, 0.3) is 0 Å². The molecule has 2 aromatic rings. The summed E-state index contributed by atoms with van der Waals surface area (Å²) in [7, 11) is -3.36. The zero-order valence-corrected chi connectivity index (χ0v) is 14.7. The molecule has 0 saturated heterocycles. The van der Waals surface area contributed by atoms with Gasteiger partial charge < -0.3 is 0 Å². The molecule has 4 heteroatoms. The van der Waals surface area contributed by atoms with E-state index in [4.69, 9.17) is 0 Å². The molecule has 2 rings (SSSR count). The van der Waals surface area contributed by atoms with Crippen molar-refractivity contribution in [2.24, 2.45) is 0 Å². The highest BCUT2D eigenvalue weighted by molar-refractivity contribution is 8.04. The van der Waals surface area contributed by atoms with E-state index in [0.717, 1.165) is 15.4 Å². The third-order valence-electron chi connectivity index (χ3n) is 3.33. The summed E-state index contributed by atoms with van der Waals surface area (Å²) in [5.74, 6) is 0.0102. The lowest BCUT2D eigenvalue weighted by Crippen LogP contribution is -2.09. The zero-order valence-electron chi connectivity index (χ0n) is 13.1. The molecular formula is C19H20O2S2. The van der Waals surface area contributed by atoms with Crippen molar-refractivity contribution in [1.29, 1.82) is 0 Å². The molecule has 0 saturated carbocycles. The molecular weight excluding hydrogens is 324 g/mol. The molecule has 0 aliphatic rings. The minimum Gasteiger partial charge on any atom is -0.223 e. The Balaban J connectivity index is 2.32. The lowest BCUT2D eigenvalue weighted by Gasteiger charge is -2.12. The Morgan fingerprint density at radius 2 is 1.61 bits per heavy atom. The van der Waals surface area contributed by atoms with Crippen LogP contribution in [-0.4, -0.2) is 14.2 Å². The molecule has 0 fully saturated rings. The van der Waals surface area contributed by atoms with Gasteiger partial charge in [-0.25, -0.2) is 8.42 Å². The van der Waals surface area contributed by atoms with Crippen molar-refractivity contribution >= 4 is 21.6 Å². The second kappa shape index (κ2) is 8.18. The third kappa shape index (κ3) is 5.12. The minimum atomic E-state index is -3.36. The fraction of sp³-hybridized carbons (Fsp3) is 0.158. The van der Waals surface area contributed by atoms with E-state index in [0.29, 0.717) is 11.3 Å². The Labute approximate surface area is 142 Å². The zero-order chi connectivity index (χ0) is 16.7. The van der Waals surface area contributed by atoms with Crippen molar-refractivity contribution in [2.75, 3.05) is 5.75 Å². The largest absolute Gasteiger partial charge is 0.223 e. The Morgan fingerprint density at radius 1 is 1.04 bits per heavy atom. The molecule has 0 spiro atoms. The lowest BCUT2D eigenvalue weighted by molar-refractivity contribution is 0.598. The van der Waals surface area contributed by atoms with Gasteiger partial charge in [0.05, 0.1) is 10.6 Å². The number of sulfone groups is 1. The van der Waals surface area contributed by atoms with Gasteiger partial charge in [-0.15, -0.1) is 6.58 Å². The van der Waals surface area contributed by atoms with Crippen LogP contribution in [0.4, 0.5) is 0 Å². The van der Waals surface area contributed by atoms with E-state index in [1.165, 1.54) is 11.8 Å². The average Bonchev–Trinajstić information content (AvgIpc) is 2.56. The van der Waals surface area contributed by atoms with E-state index >= 15 is 0 Å². The maximum absolute atomic E-state index is 12.7. The molecule has 2 nitrogen and oxygen atoms in total. The molecule has 0 aromatic heterocycles. The van der Waals surface area contributed by atoms with E-state index in [9.17, 15) is 8.42 Å².